The molecule has 1 saturated carbocycles. The fraction of sp³-hybridized carbons (Fsp3) is 0.400. The van der Waals surface area contributed by atoms with Gasteiger partial charge in [-0.05, 0) is 11.8 Å². The van der Waals surface area contributed by atoms with Crippen molar-refractivity contribution in [1.29, 1.82) is 0 Å². The zero-order chi connectivity index (χ0) is 8.41. The molecule has 0 aromatic carbocycles. The molecule has 5 rings (SSSR count). The maximum Gasteiger partial charge on any atom is 0.137 e. The molecule has 2 atom stereocenters. The van der Waals surface area contributed by atoms with E-state index in [0.717, 1.165) is 0 Å². The quantitative estimate of drug-likeness (QED) is 0.551. The SMILES string of the molecule is C1=CC2C=CC3C1C3c1nncn12. The van der Waals surface area contributed by atoms with Gasteiger partial charge in [-0.3, -0.25) is 0 Å². The van der Waals surface area contributed by atoms with Gasteiger partial charge in [0.15, 0.2) is 0 Å². The first-order valence-corrected chi connectivity index (χ1v) is 4.71. The van der Waals surface area contributed by atoms with Crippen LogP contribution in [0.1, 0.15) is 17.8 Å². The summed E-state index contributed by atoms with van der Waals surface area (Å²) in [5, 5.41) is 8.20. The predicted octanol–water partition coefficient (Wildman–Crippen LogP) is 1.29. The Hall–Kier alpha value is -1.38. The fourth-order valence-corrected chi connectivity index (χ4v) is 2.65. The predicted molar refractivity (Wildman–Crippen MR) is 47.1 cm³/mol. The highest BCUT2D eigenvalue weighted by Gasteiger charge is 2.53. The van der Waals surface area contributed by atoms with Gasteiger partial charge in [0.1, 0.15) is 12.2 Å². The lowest BCUT2D eigenvalue weighted by Gasteiger charge is -2.08. The van der Waals surface area contributed by atoms with E-state index in [1.165, 1.54) is 5.82 Å². The zero-order valence-electron chi connectivity index (χ0n) is 7.04. The van der Waals surface area contributed by atoms with E-state index in [1.807, 2.05) is 6.33 Å². The lowest BCUT2D eigenvalue weighted by atomic mass is 10.2. The second-order valence-electron chi connectivity index (χ2n) is 4.04. The molecule has 2 aliphatic carbocycles. The Morgan fingerprint density at radius 3 is 2.62 bits per heavy atom. The van der Waals surface area contributed by atoms with Crippen molar-refractivity contribution in [2.75, 3.05) is 0 Å². The average molecular weight is 171 g/mol. The molecule has 3 heteroatoms. The Morgan fingerprint density at radius 2 is 1.85 bits per heavy atom. The molecule has 2 aliphatic heterocycles. The lowest BCUT2D eigenvalue weighted by Crippen LogP contribution is -2.04. The van der Waals surface area contributed by atoms with Gasteiger partial charge in [-0.2, -0.15) is 0 Å². The molecule has 13 heavy (non-hydrogen) atoms. The van der Waals surface area contributed by atoms with Crippen LogP contribution in [0.2, 0.25) is 0 Å². The van der Waals surface area contributed by atoms with E-state index in [4.69, 9.17) is 0 Å². The molecule has 3 nitrogen and oxygen atoms in total. The summed E-state index contributed by atoms with van der Waals surface area (Å²) in [4.78, 5) is 0. The number of hydrogen-bond acceptors (Lipinski definition) is 2. The van der Waals surface area contributed by atoms with Gasteiger partial charge in [-0.25, -0.2) is 0 Å². The van der Waals surface area contributed by atoms with Crippen molar-refractivity contribution in [3.63, 3.8) is 0 Å². The first-order chi connectivity index (χ1) is 6.45. The van der Waals surface area contributed by atoms with E-state index < -0.39 is 0 Å². The molecule has 1 fully saturated rings. The van der Waals surface area contributed by atoms with Crippen LogP contribution in [0.3, 0.4) is 0 Å². The van der Waals surface area contributed by atoms with E-state index in [-0.39, 0.29) is 0 Å². The Morgan fingerprint density at radius 1 is 1.08 bits per heavy atom. The van der Waals surface area contributed by atoms with Gasteiger partial charge in [-0.1, -0.05) is 24.3 Å². The van der Waals surface area contributed by atoms with Gasteiger partial charge in [0.25, 0.3) is 0 Å². The third-order valence-corrected chi connectivity index (χ3v) is 3.41. The summed E-state index contributed by atoms with van der Waals surface area (Å²) < 4.78 is 2.19. The van der Waals surface area contributed by atoms with Gasteiger partial charge in [-0.15, -0.1) is 10.2 Å². The second-order valence-corrected chi connectivity index (χ2v) is 4.04. The van der Waals surface area contributed by atoms with Gasteiger partial charge >= 0.3 is 0 Å². The number of allylic oxidation sites excluding steroid dienone is 4. The van der Waals surface area contributed by atoms with Crippen molar-refractivity contribution in [2.24, 2.45) is 11.8 Å². The first kappa shape index (κ1) is 6.13. The molecule has 1 aromatic heterocycles. The number of hydrogen-bond donors (Lipinski definition) is 0. The molecule has 3 heterocycles. The minimum Gasteiger partial charge on any atom is -0.307 e. The maximum absolute atomic E-state index is 4.21. The van der Waals surface area contributed by atoms with Crippen LogP contribution in [0.25, 0.3) is 0 Å². The molecule has 0 N–H and O–H groups in total. The van der Waals surface area contributed by atoms with Crippen molar-refractivity contribution in [3.8, 4) is 0 Å². The van der Waals surface area contributed by atoms with Crippen LogP contribution in [0.4, 0.5) is 0 Å². The molecular weight excluding hydrogens is 162 g/mol. The fourth-order valence-electron chi connectivity index (χ4n) is 2.65. The van der Waals surface area contributed by atoms with Crippen LogP contribution in [0, 0.1) is 11.8 Å². The summed E-state index contributed by atoms with van der Waals surface area (Å²) >= 11 is 0. The van der Waals surface area contributed by atoms with E-state index in [0.29, 0.717) is 23.8 Å². The van der Waals surface area contributed by atoms with Crippen molar-refractivity contribution in [2.45, 2.75) is 12.0 Å². The summed E-state index contributed by atoms with van der Waals surface area (Å²) in [5.74, 6) is 3.19. The van der Waals surface area contributed by atoms with Crippen molar-refractivity contribution in [1.82, 2.24) is 14.8 Å². The van der Waals surface area contributed by atoms with E-state index in [9.17, 15) is 0 Å². The Kier molecular flexibility index (Phi) is 0.831. The molecule has 4 bridgehead atoms. The van der Waals surface area contributed by atoms with Crippen LogP contribution in [0.15, 0.2) is 30.6 Å². The maximum atomic E-state index is 4.21. The molecule has 1 aromatic rings. The molecule has 0 amide bonds. The van der Waals surface area contributed by atoms with Crippen LogP contribution in [0.5, 0.6) is 0 Å². The Bertz CT molecular complexity index is 409. The summed E-state index contributed by atoms with van der Waals surface area (Å²) in [6.07, 6.45) is 11.1. The van der Waals surface area contributed by atoms with Crippen LogP contribution < -0.4 is 0 Å². The van der Waals surface area contributed by atoms with E-state index >= 15 is 0 Å². The van der Waals surface area contributed by atoms with Crippen LogP contribution in [-0.4, -0.2) is 14.8 Å². The highest BCUT2D eigenvalue weighted by Crippen LogP contribution is 2.58. The lowest BCUT2D eigenvalue weighted by molar-refractivity contribution is 0.681. The highest BCUT2D eigenvalue weighted by atomic mass is 15.3. The topological polar surface area (TPSA) is 30.7 Å². The van der Waals surface area contributed by atoms with Crippen LogP contribution in [-0.2, 0) is 0 Å². The summed E-state index contributed by atoms with van der Waals surface area (Å²) in [6.45, 7) is 0. The van der Waals surface area contributed by atoms with E-state index in [2.05, 4.69) is 39.1 Å². The van der Waals surface area contributed by atoms with Crippen molar-refractivity contribution >= 4 is 0 Å². The standard InChI is InChI=1S/C10H9N3/c1-3-7-8-4-2-6(1)13-5-11-12-10(13)9(7)8/h1-9H. The summed E-state index contributed by atoms with van der Waals surface area (Å²) in [5.41, 5.74) is 0. The molecule has 64 valence electrons. The third-order valence-electron chi connectivity index (χ3n) is 3.41. The summed E-state index contributed by atoms with van der Waals surface area (Å²) in [6, 6.07) is 0.366. The number of nitrogens with zero attached hydrogens (tertiary/aromatic N) is 3. The molecule has 0 saturated heterocycles. The van der Waals surface area contributed by atoms with Gasteiger partial charge in [0, 0.05) is 5.92 Å². The minimum absolute atomic E-state index is 0.366. The van der Waals surface area contributed by atoms with Gasteiger partial charge in [0.2, 0.25) is 0 Å². The molecule has 0 spiro atoms. The highest BCUT2D eigenvalue weighted by molar-refractivity contribution is 5.34. The molecule has 2 unspecified atom stereocenters. The molecule has 0 radical (unpaired) electrons. The largest absolute Gasteiger partial charge is 0.307 e. The molecule has 4 aliphatic rings. The van der Waals surface area contributed by atoms with Gasteiger partial charge < -0.3 is 4.57 Å². The zero-order valence-corrected chi connectivity index (χ0v) is 7.04. The smallest absolute Gasteiger partial charge is 0.137 e. The Balaban J connectivity index is 2.06. The van der Waals surface area contributed by atoms with Crippen molar-refractivity contribution in [3.05, 3.63) is 36.5 Å². The van der Waals surface area contributed by atoms with Gasteiger partial charge in [0.05, 0.1) is 6.04 Å². The second kappa shape index (κ2) is 1.76. The average Bonchev–Trinajstić information content (AvgIpc) is 2.77. The van der Waals surface area contributed by atoms with E-state index in [1.54, 1.807) is 0 Å². The van der Waals surface area contributed by atoms with Crippen LogP contribution >= 0.6 is 0 Å². The summed E-state index contributed by atoms with van der Waals surface area (Å²) in [7, 11) is 0. The monoisotopic (exact) mass is 171 g/mol. The Labute approximate surface area is 75.8 Å². The minimum atomic E-state index is 0.366. The van der Waals surface area contributed by atoms with Crippen molar-refractivity contribution < 1.29 is 0 Å². The third kappa shape index (κ3) is 0.588. The normalized spacial score (nSPS) is 42.8. The molecular formula is C10H9N3. The number of aromatic nitrogens is 3. The number of rotatable bonds is 0. The first-order valence-electron chi connectivity index (χ1n) is 4.71.